The molecule has 2 amide bonds. The van der Waals surface area contributed by atoms with Gasteiger partial charge in [-0.15, -0.1) is 0 Å². The van der Waals surface area contributed by atoms with E-state index in [4.69, 9.17) is 4.42 Å². The van der Waals surface area contributed by atoms with Gasteiger partial charge in [0.2, 0.25) is 0 Å². The van der Waals surface area contributed by atoms with E-state index in [1.807, 2.05) is 0 Å². The van der Waals surface area contributed by atoms with Crippen molar-refractivity contribution in [3.63, 3.8) is 0 Å². The smallest absolute Gasteiger partial charge is 0.451 e. The van der Waals surface area contributed by atoms with Gasteiger partial charge in [-0.2, -0.15) is 13.2 Å². The van der Waals surface area contributed by atoms with Crippen LogP contribution in [0.5, 0.6) is 0 Å². The summed E-state index contributed by atoms with van der Waals surface area (Å²) >= 11 is 0. The quantitative estimate of drug-likeness (QED) is 0.816. The molecule has 1 unspecified atom stereocenters. The van der Waals surface area contributed by atoms with Crippen molar-refractivity contribution in [1.82, 2.24) is 10.2 Å². The van der Waals surface area contributed by atoms with Crippen LogP contribution < -0.4 is 10.6 Å². The van der Waals surface area contributed by atoms with Crippen molar-refractivity contribution >= 4 is 17.5 Å². The van der Waals surface area contributed by atoms with Gasteiger partial charge >= 0.3 is 12.1 Å². The number of fused-ring (bicyclic) bond motifs is 2. The first-order valence-corrected chi connectivity index (χ1v) is 9.39. The SMILES string of the molecule is O=C(N[C@H]1C[C@H]2CCN(C2)C1)c1ccc(-c2cccc(NC(=O)C(F)(F)F)c2)o1. The highest BCUT2D eigenvalue weighted by Gasteiger charge is 2.38. The van der Waals surface area contributed by atoms with Crippen LogP contribution in [0.15, 0.2) is 40.8 Å². The fourth-order valence-electron chi connectivity index (χ4n) is 3.99. The Bertz CT molecular complexity index is 913. The molecular weight excluding hydrogens is 387 g/mol. The van der Waals surface area contributed by atoms with E-state index in [2.05, 4.69) is 10.2 Å². The van der Waals surface area contributed by atoms with Gasteiger partial charge < -0.3 is 20.0 Å². The Hall–Kier alpha value is -2.81. The lowest BCUT2D eigenvalue weighted by Gasteiger charge is -2.30. The molecule has 0 saturated carbocycles. The second kappa shape index (κ2) is 7.55. The lowest BCUT2D eigenvalue weighted by atomic mass is 9.97. The van der Waals surface area contributed by atoms with E-state index in [9.17, 15) is 22.8 Å². The fourth-order valence-corrected chi connectivity index (χ4v) is 3.99. The van der Waals surface area contributed by atoms with Crippen LogP contribution in [-0.2, 0) is 4.79 Å². The van der Waals surface area contributed by atoms with Crippen molar-refractivity contribution in [3.05, 3.63) is 42.2 Å². The number of carbonyl (C=O) groups is 2. The maximum Gasteiger partial charge on any atom is 0.471 e. The lowest BCUT2D eigenvalue weighted by molar-refractivity contribution is -0.167. The molecule has 2 aliphatic rings. The Balaban J connectivity index is 1.43. The molecule has 2 N–H and O–H groups in total. The summed E-state index contributed by atoms with van der Waals surface area (Å²) in [5, 5.41) is 4.80. The lowest BCUT2D eigenvalue weighted by Crippen LogP contribution is -2.46. The number of hydrogen-bond acceptors (Lipinski definition) is 4. The highest BCUT2D eigenvalue weighted by atomic mass is 19.4. The molecule has 9 heteroatoms. The average molecular weight is 407 g/mol. The normalized spacial score (nSPS) is 23.6. The van der Waals surface area contributed by atoms with Crippen molar-refractivity contribution in [2.24, 2.45) is 5.92 Å². The number of alkyl halides is 3. The molecule has 0 aliphatic carbocycles. The zero-order valence-electron chi connectivity index (χ0n) is 15.5. The molecule has 29 heavy (non-hydrogen) atoms. The Morgan fingerprint density at radius 2 is 1.97 bits per heavy atom. The Labute approximate surface area is 165 Å². The molecule has 1 aromatic heterocycles. The molecule has 2 aromatic rings. The van der Waals surface area contributed by atoms with Gasteiger partial charge in [-0.05, 0) is 49.6 Å². The van der Waals surface area contributed by atoms with Crippen LogP contribution in [0, 0.1) is 5.92 Å². The molecule has 1 aromatic carbocycles. The second-order valence-electron chi connectivity index (χ2n) is 7.52. The Morgan fingerprint density at radius 1 is 1.14 bits per heavy atom. The molecule has 2 bridgehead atoms. The number of benzene rings is 1. The molecule has 0 radical (unpaired) electrons. The second-order valence-corrected chi connectivity index (χ2v) is 7.52. The highest BCUT2D eigenvalue weighted by molar-refractivity contribution is 5.95. The Morgan fingerprint density at radius 3 is 2.72 bits per heavy atom. The number of furan rings is 1. The maximum atomic E-state index is 12.5. The standard InChI is InChI=1S/C20H20F3N3O3/c21-20(22,23)19(28)25-14-3-1-2-13(9-14)16-4-5-17(29-16)18(27)24-15-8-12-6-7-26(10-12)11-15/h1-5,9,12,15H,6-8,10-11H2,(H,24,27)(H,25,28)/t12-,15+/m1/s1. The summed E-state index contributed by atoms with van der Waals surface area (Å²) in [6.45, 7) is 3.00. The van der Waals surface area contributed by atoms with E-state index in [1.165, 1.54) is 30.7 Å². The van der Waals surface area contributed by atoms with E-state index in [0.717, 1.165) is 26.1 Å². The van der Waals surface area contributed by atoms with Gasteiger partial charge in [-0.3, -0.25) is 9.59 Å². The average Bonchev–Trinajstić information content (AvgIpc) is 3.28. The number of rotatable bonds is 4. The number of amides is 2. The first kappa shape index (κ1) is 19.5. The van der Waals surface area contributed by atoms with E-state index in [1.54, 1.807) is 17.4 Å². The summed E-state index contributed by atoms with van der Waals surface area (Å²) in [4.78, 5) is 25.9. The molecule has 3 atom stereocenters. The molecule has 3 heterocycles. The van der Waals surface area contributed by atoms with Gasteiger partial charge in [0.1, 0.15) is 5.76 Å². The van der Waals surface area contributed by atoms with Crippen molar-refractivity contribution in [2.45, 2.75) is 25.1 Å². The van der Waals surface area contributed by atoms with Crippen LogP contribution in [0.25, 0.3) is 11.3 Å². The van der Waals surface area contributed by atoms with Crippen LogP contribution in [0.1, 0.15) is 23.4 Å². The van der Waals surface area contributed by atoms with Crippen molar-refractivity contribution < 1.29 is 27.2 Å². The van der Waals surface area contributed by atoms with Crippen LogP contribution in [0.2, 0.25) is 0 Å². The molecule has 2 fully saturated rings. The van der Waals surface area contributed by atoms with Crippen LogP contribution >= 0.6 is 0 Å². The molecular formula is C20H20F3N3O3. The van der Waals surface area contributed by atoms with Crippen LogP contribution in [0.3, 0.4) is 0 Å². The van der Waals surface area contributed by atoms with Crippen LogP contribution in [0.4, 0.5) is 18.9 Å². The number of anilines is 1. The number of hydrogen-bond donors (Lipinski definition) is 2. The number of piperidine rings is 1. The summed E-state index contributed by atoms with van der Waals surface area (Å²) < 4.78 is 42.9. The van der Waals surface area contributed by atoms with Gasteiger partial charge in [0.05, 0.1) is 0 Å². The minimum atomic E-state index is -4.97. The van der Waals surface area contributed by atoms with Crippen molar-refractivity contribution in [1.29, 1.82) is 0 Å². The summed E-state index contributed by atoms with van der Waals surface area (Å²) in [6.07, 6.45) is -2.85. The number of nitrogens with zero attached hydrogens (tertiary/aromatic N) is 1. The minimum Gasteiger partial charge on any atom is -0.451 e. The molecule has 154 valence electrons. The number of halogens is 3. The third-order valence-electron chi connectivity index (χ3n) is 5.29. The van der Waals surface area contributed by atoms with E-state index in [-0.39, 0.29) is 23.4 Å². The van der Waals surface area contributed by atoms with E-state index < -0.39 is 12.1 Å². The van der Waals surface area contributed by atoms with Crippen molar-refractivity contribution in [3.8, 4) is 11.3 Å². The highest BCUT2D eigenvalue weighted by Crippen LogP contribution is 2.28. The van der Waals surface area contributed by atoms with E-state index in [0.29, 0.717) is 17.2 Å². The Kier molecular flexibility index (Phi) is 5.08. The largest absolute Gasteiger partial charge is 0.471 e. The third kappa shape index (κ3) is 4.45. The van der Waals surface area contributed by atoms with Crippen molar-refractivity contribution in [2.75, 3.05) is 25.0 Å². The molecule has 2 saturated heterocycles. The van der Waals surface area contributed by atoms with Gasteiger partial charge in [-0.25, -0.2) is 0 Å². The summed E-state index contributed by atoms with van der Waals surface area (Å²) in [6, 6.07) is 9.01. The van der Waals surface area contributed by atoms with Crippen LogP contribution in [-0.4, -0.2) is 48.6 Å². The third-order valence-corrected chi connectivity index (χ3v) is 5.29. The molecule has 0 spiro atoms. The summed E-state index contributed by atoms with van der Waals surface area (Å²) in [7, 11) is 0. The predicted molar refractivity (Wildman–Crippen MR) is 99.2 cm³/mol. The first-order valence-electron chi connectivity index (χ1n) is 9.39. The molecule has 4 rings (SSSR count). The van der Waals surface area contributed by atoms with E-state index >= 15 is 0 Å². The van der Waals surface area contributed by atoms with Gasteiger partial charge in [0, 0.05) is 30.4 Å². The summed E-state index contributed by atoms with van der Waals surface area (Å²) in [5.41, 5.74) is 0.435. The monoisotopic (exact) mass is 407 g/mol. The van der Waals surface area contributed by atoms with Gasteiger partial charge in [-0.1, -0.05) is 12.1 Å². The zero-order chi connectivity index (χ0) is 20.6. The first-order chi connectivity index (χ1) is 13.8. The molecule has 6 nitrogen and oxygen atoms in total. The minimum absolute atomic E-state index is 0.0149. The number of carbonyl (C=O) groups excluding carboxylic acids is 2. The van der Waals surface area contributed by atoms with Gasteiger partial charge in [0.25, 0.3) is 5.91 Å². The topological polar surface area (TPSA) is 74.6 Å². The predicted octanol–water partition coefficient (Wildman–Crippen LogP) is 3.27. The zero-order valence-corrected chi connectivity index (χ0v) is 15.5. The van der Waals surface area contributed by atoms with Gasteiger partial charge in [0.15, 0.2) is 5.76 Å². The summed E-state index contributed by atoms with van der Waals surface area (Å²) in [5.74, 6) is -1.28. The number of nitrogens with one attached hydrogen (secondary N) is 2. The fraction of sp³-hybridized carbons (Fsp3) is 0.400. The maximum absolute atomic E-state index is 12.5. The molecule has 2 aliphatic heterocycles.